The van der Waals surface area contributed by atoms with Crippen LogP contribution in [0.1, 0.15) is 36.2 Å². The van der Waals surface area contributed by atoms with Gasteiger partial charge in [0.15, 0.2) is 6.29 Å². The largest absolute Gasteiger partial charge is 0.341 e. The monoisotopic (exact) mass is 234 g/mol. The van der Waals surface area contributed by atoms with E-state index in [0.717, 1.165) is 32.2 Å². The van der Waals surface area contributed by atoms with E-state index in [9.17, 15) is 9.59 Å². The molecule has 0 bridgehead atoms. The summed E-state index contributed by atoms with van der Waals surface area (Å²) in [5, 5.41) is 0. The Balaban J connectivity index is 1.98. The third-order valence-corrected chi connectivity index (χ3v) is 3.25. The average molecular weight is 234 g/mol. The number of carbonyl (C=O) groups excluding carboxylic acids is 2. The molecule has 0 spiro atoms. The molecule has 0 N–H and O–H groups in total. The van der Waals surface area contributed by atoms with Crippen molar-refractivity contribution >= 4 is 12.2 Å². The topological polar surface area (TPSA) is 42.3 Å². The molecule has 0 saturated carbocycles. The summed E-state index contributed by atoms with van der Waals surface area (Å²) in [6.45, 7) is 1.99. The molecule has 1 saturated heterocycles. The molecule has 0 aliphatic carbocycles. The van der Waals surface area contributed by atoms with Crippen LogP contribution in [0, 0.1) is 0 Å². The van der Waals surface area contributed by atoms with E-state index in [2.05, 4.69) is 0 Å². The molecule has 0 aromatic carbocycles. The zero-order valence-corrected chi connectivity index (χ0v) is 9.97. The fraction of sp³-hybridized carbons (Fsp3) is 0.538. The predicted molar refractivity (Wildman–Crippen MR) is 64.9 cm³/mol. The second kappa shape index (κ2) is 5.66. The van der Waals surface area contributed by atoms with Gasteiger partial charge in [-0.15, -0.1) is 0 Å². The van der Waals surface area contributed by atoms with Crippen LogP contribution in [0.15, 0.2) is 18.3 Å². The van der Waals surface area contributed by atoms with Crippen molar-refractivity contribution in [1.29, 1.82) is 0 Å². The molecule has 2 heterocycles. The van der Waals surface area contributed by atoms with E-state index in [1.807, 2.05) is 4.90 Å². The van der Waals surface area contributed by atoms with Crippen LogP contribution < -0.4 is 0 Å². The maximum absolute atomic E-state index is 12.1. The van der Waals surface area contributed by atoms with Crippen molar-refractivity contribution in [3.63, 3.8) is 0 Å². The number of amides is 1. The molecule has 1 fully saturated rings. The quantitative estimate of drug-likeness (QED) is 0.747. The van der Waals surface area contributed by atoms with Crippen LogP contribution in [-0.4, -0.2) is 34.7 Å². The fourth-order valence-electron chi connectivity index (χ4n) is 2.24. The summed E-state index contributed by atoms with van der Waals surface area (Å²) in [6.07, 6.45) is 7.19. The third-order valence-electron chi connectivity index (χ3n) is 3.25. The second-order valence-electron chi connectivity index (χ2n) is 4.47. The van der Waals surface area contributed by atoms with E-state index in [1.165, 1.54) is 12.8 Å². The van der Waals surface area contributed by atoms with Crippen LogP contribution in [0.25, 0.3) is 0 Å². The Morgan fingerprint density at radius 3 is 2.59 bits per heavy atom. The predicted octanol–water partition coefficient (Wildman–Crippen LogP) is 1.70. The van der Waals surface area contributed by atoms with Gasteiger partial charge in [-0.2, -0.15) is 0 Å². The lowest BCUT2D eigenvalue weighted by atomic mass is 10.2. The van der Waals surface area contributed by atoms with Crippen molar-refractivity contribution in [3.8, 4) is 0 Å². The number of aldehydes is 1. The molecular formula is C13H18N2O2. The van der Waals surface area contributed by atoms with E-state index in [4.69, 9.17) is 0 Å². The lowest BCUT2D eigenvalue weighted by Crippen LogP contribution is -2.34. The molecule has 1 amide bonds. The lowest BCUT2D eigenvalue weighted by molar-refractivity contribution is -0.131. The molecule has 1 aliphatic heterocycles. The summed E-state index contributed by atoms with van der Waals surface area (Å²) in [7, 11) is 0. The summed E-state index contributed by atoms with van der Waals surface area (Å²) >= 11 is 0. The van der Waals surface area contributed by atoms with Crippen molar-refractivity contribution in [2.45, 2.75) is 32.2 Å². The zero-order valence-electron chi connectivity index (χ0n) is 9.97. The molecular weight excluding hydrogens is 216 g/mol. The van der Waals surface area contributed by atoms with Crippen molar-refractivity contribution in [1.82, 2.24) is 9.47 Å². The van der Waals surface area contributed by atoms with Gasteiger partial charge >= 0.3 is 0 Å². The van der Waals surface area contributed by atoms with Crippen molar-refractivity contribution < 1.29 is 9.59 Å². The molecule has 17 heavy (non-hydrogen) atoms. The first-order chi connectivity index (χ1) is 8.31. The number of nitrogens with zero attached hydrogens (tertiary/aromatic N) is 2. The number of likely N-dealkylation sites (tertiary alicyclic amines) is 1. The third kappa shape index (κ3) is 2.96. The van der Waals surface area contributed by atoms with E-state index < -0.39 is 0 Å². The molecule has 0 unspecified atom stereocenters. The molecule has 1 aliphatic rings. The van der Waals surface area contributed by atoms with Gasteiger partial charge in [0, 0.05) is 19.3 Å². The first kappa shape index (κ1) is 11.9. The molecule has 4 nitrogen and oxygen atoms in total. The van der Waals surface area contributed by atoms with Gasteiger partial charge in [-0.25, -0.2) is 0 Å². The molecule has 1 aromatic heterocycles. The highest BCUT2D eigenvalue weighted by Crippen LogP contribution is 2.10. The zero-order chi connectivity index (χ0) is 12.1. The molecule has 1 aromatic rings. The van der Waals surface area contributed by atoms with Crippen LogP contribution in [-0.2, 0) is 11.3 Å². The maximum Gasteiger partial charge on any atom is 0.242 e. The standard InChI is InChI=1S/C13H18N2O2/c16-11-12-6-5-9-15(12)10-13(17)14-7-3-1-2-4-8-14/h5-6,9,11H,1-4,7-8,10H2. The van der Waals surface area contributed by atoms with E-state index in [1.54, 1.807) is 22.9 Å². The Kier molecular flexibility index (Phi) is 3.96. The Bertz CT molecular complexity index is 390. The highest BCUT2D eigenvalue weighted by molar-refractivity contribution is 5.78. The molecule has 0 atom stereocenters. The summed E-state index contributed by atoms with van der Waals surface area (Å²) in [6, 6.07) is 3.52. The molecule has 2 rings (SSSR count). The van der Waals surface area contributed by atoms with Crippen molar-refractivity contribution in [2.75, 3.05) is 13.1 Å². The van der Waals surface area contributed by atoms with E-state index >= 15 is 0 Å². The summed E-state index contributed by atoms with van der Waals surface area (Å²) in [4.78, 5) is 24.7. The van der Waals surface area contributed by atoms with E-state index in [-0.39, 0.29) is 12.5 Å². The van der Waals surface area contributed by atoms with Gasteiger partial charge in [0.05, 0.1) is 5.69 Å². The second-order valence-corrected chi connectivity index (χ2v) is 4.47. The van der Waals surface area contributed by atoms with Gasteiger partial charge < -0.3 is 9.47 Å². The Morgan fingerprint density at radius 2 is 1.94 bits per heavy atom. The first-order valence-corrected chi connectivity index (χ1v) is 6.19. The molecule has 0 radical (unpaired) electrons. The van der Waals surface area contributed by atoms with Crippen LogP contribution >= 0.6 is 0 Å². The minimum Gasteiger partial charge on any atom is -0.341 e. The van der Waals surface area contributed by atoms with Gasteiger partial charge in [-0.05, 0) is 25.0 Å². The van der Waals surface area contributed by atoms with Gasteiger partial charge in [0.2, 0.25) is 5.91 Å². The summed E-state index contributed by atoms with van der Waals surface area (Å²) in [5.74, 6) is 0.117. The van der Waals surface area contributed by atoms with Crippen molar-refractivity contribution in [2.24, 2.45) is 0 Å². The SMILES string of the molecule is O=Cc1cccn1CC(=O)N1CCCCCC1. The smallest absolute Gasteiger partial charge is 0.242 e. The van der Waals surface area contributed by atoms with Crippen molar-refractivity contribution in [3.05, 3.63) is 24.0 Å². The van der Waals surface area contributed by atoms with Gasteiger partial charge in [-0.3, -0.25) is 9.59 Å². The summed E-state index contributed by atoms with van der Waals surface area (Å²) in [5.41, 5.74) is 0.563. The first-order valence-electron chi connectivity index (χ1n) is 6.19. The number of rotatable bonds is 3. The Hall–Kier alpha value is -1.58. The normalized spacial score (nSPS) is 16.6. The van der Waals surface area contributed by atoms with Crippen LogP contribution in [0.3, 0.4) is 0 Å². The number of carbonyl (C=O) groups is 2. The maximum atomic E-state index is 12.1. The van der Waals surface area contributed by atoms with Gasteiger partial charge in [0.1, 0.15) is 6.54 Å². The highest BCUT2D eigenvalue weighted by Gasteiger charge is 2.16. The number of hydrogen-bond donors (Lipinski definition) is 0. The number of hydrogen-bond acceptors (Lipinski definition) is 2. The fourth-order valence-corrected chi connectivity index (χ4v) is 2.24. The minimum absolute atomic E-state index is 0.117. The number of aromatic nitrogens is 1. The average Bonchev–Trinajstić information content (AvgIpc) is 2.62. The van der Waals surface area contributed by atoms with Gasteiger partial charge in [-0.1, -0.05) is 12.8 Å². The highest BCUT2D eigenvalue weighted by atomic mass is 16.2. The van der Waals surface area contributed by atoms with E-state index in [0.29, 0.717) is 5.69 Å². The van der Waals surface area contributed by atoms with Crippen LogP contribution in [0.4, 0.5) is 0 Å². The minimum atomic E-state index is 0.117. The summed E-state index contributed by atoms with van der Waals surface area (Å²) < 4.78 is 1.71. The Morgan fingerprint density at radius 1 is 1.24 bits per heavy atom. The van der Waals surface area contributed by atoms with Crippen LogP contribution in [0.2, 0.25) is 0 Å². The lowest BCUT2D eigenvalue weighted by Gasteiger charge is -2.20. The molecule has 4 heteroatoms. The van der Waals surface area contributed by atoms with Crippen LogP contribution in [0.5, 0.6) is 0 Å². The Labute approximate surface area is 101 Å². The van der Waals surface area contributed by atoms with Gasteiger partial charge in [0.25, 0.3) is 0 Å². The molecule has 92 valence electrons.